The lowest BCUT2D eigenvalue weighted by Gasteiger charge is -2.22. The van der Waals surface area contributed by atoms with Crippen LogP contribution in [0, 0.1) is 6.92 Å². The van der Waals surface area contributed by atoms with Crippen molar-refractivity contribution >= 4 is 11.9 Å². The van der Waals surface area contributed by atoms with Crippen LogP contribution >= 0.6 is 0 Å². The number of furan rings is 1. The third-order valence-electron chi connectivity index (χ3n) is 4.02. The van der Waals surface area contributed by atoms with E-state index in [4.69, 9.17) is 9.52 Å². The second-order valence-corrected chi connectivity index (χ2v) is 5.75. The maximum atomic E-state index is 12.5. The van der Waals surface area contributed by atoms with E-state index in [-0.39, 0.29) is 30.0 Å². The second-order valence-electron chi connectivity index (χ2n) is 5.75. The highest BCUT2D eigenvalue weighted by molar-refractivity contribution is 5.97. The van der Waals surface area contributed by atoms with Crippen LogP contribution in [0.4, 0.5) is 0 Å². The van der Waals surface area contributed by atoms with E-state index in [0.717, 1.165) is 5.56 Å². The molecule has 122 valence electrons. The van der Waals surface area contributed by atoms with Gasteiger partial charge < -0.3 is 14.8 Å². The Morgan fingerprint density at radius 2 is 1.87 bits per heavy atom. The molecule has 0 spiro atoms. The average Bonchev–Trinajstić information content (AvgIpc) is 2.87. The van der Waals surface area contributed by atoms with Crippen molar-refractivity contribution in [1.82, 2.24) is 5.32 Å². The Bertz CT molecular complexity index is 690. The van der Waals surface area contributed by atoms with E-state index in [0.29, 0.717) is 11.1 Å². The van der Waals surface area contributed by atoms with Crippen molar-refractivity contribution in [3.8, 4) is 0 Å². The van der Waals surface area contributed by atoms with Crippen molar-refractivity contribution < 1.29 is 19.1 Å². The summed E-state index contributed by atoms with van der Waals surface area (Å²) in [6.07, 6.45) is 1.11. The van der Waals surface area contributed by atoms with Gasteiger partial charge in [0.15, 0.2) is 0 Å². The molecule has 1 aromatic carbocycles. The Hall–Kier alpha value is -2.56. The van der Waals surface area contributed by atoms with Gasteiger partial charge in [0.25, 0.3) is 5.91 Å². The minimum atomic E-state index is -1.03. The summed E-state index contributed by atoms with van der Waals surface area (Å²) < 4.78 is 5.21. The van der Waals surface area contributed by atoms with Gasteiger partial charge in [0, 0.05) is 17.5 Å². The number of carbonyl (C=O) groups is 2. The Morgan fingerprint density at radius 3 is 2.48 bits per heavy atom. The maximum absolute atomic E-state index is 12.5. The van der Waals surface area contributed by atoms with Gasteiger partial charge in [-0.05, 0) is 19.4 Å². The fourth-order valence-corrected chi connectivity index (χ4v) is 2.52. The van der Waals surface area contributed by atoms with Gasteiger partial charge in [-0.15, -0.1) is 0 Å². The van der Waals surface area contributed by atoms with Gasteiger partial charge in [-0.25, -0.2) is 0 Å². The van der Waals surface area contributed by atoms with Crippen LogP contribution < -0.4 is 5.32 Å². The first kappa shape index (κ1) is 16.8. The lowest BCUT2D eigenvalue weighted by molar-refractivity contribution is -0.136. The molecule has 2 atom stereocenters. The number of aliphatic carboxylic acids is 1. The molecule has 0 radical (unpaired) electrons. The normalized spacial score (nSPS) is 13.3. The van der Waals surface area contributed by atoms with Crippen LogP contribution in [0.3, 0.4) is 0 Å². The van der Waals surface area contributed by atoms with Crippen LogP contribution in [-0.4, -0.2) is 23.0 Å². The van der Waals surface area contributed by atoms with E-state index in [1.807, 2.05) is 44.2 Å². The van der Waals surface area contributed by atoms with Crippen LogP contribution in [0.25, 0.3) is 0 Å². The second kappa shape index (κ2) is 7.13. The van der Waals surface area contributed by atoms with E-state index >= 15 is 0 Å². The molecule has 0 saturated carbocycles. The molecule has 0 aliphatic heterocycles. The SMILES string of the molecule is Cc1coc(CC(=O)O)c1C(=O)NC(C)C(C)c1ccccc1. The molecule has 1 aromatic heterocycles. The van der Waals surface area contributed by atoms with Crippen LogP contribution in [0.15, 0.2) is 41.0 Å². The summed E-state index contributed by atoms with van der Waals surface area (Å²) in [4.78, 5) is 23.4. The van der Waals surface area contributed by atoms with Crippen molar-refractivity contribution in [2.45, 2.75) is 39.2 Å². The number of rotatable bonds is 6. The van der Waals surface area contributed by atoms with Gasteiger partial charge in [-0.3, -0.25) is 9.59 Å². The topological polar surface area (TPSA) is 79.5 Å². The first-order valence-electron chi connectivity index (χ1n) is 7.54. The molecule has 0 bridgehead atoms. The summed E-state index contributed by atoms with van der Waals surface area (Å²) >= 11 is 0. The van der Waals surface area contributed by atoms with Crippen LogP contribution in [0.1, 0.15) is 47.0 Å². The third-order valence-corrected chi connectivity index (χ3v) is 4.02. The van der Waals surface area contributed by atoms with E-state index in [1.54, 1.807) is 6.92 Å². The largest absolute Gasteiger partial charge is 0.481 e. The van der Waals surface area contributed by atoms with Gasteiger partial charge in [0.1, 0.15) is 12.2 Å². The molecule has 0 aliphatic carbocycles. The molecular weight excluding hydrogens is 294 g/mol. The summed E-state index contributed by atoms with van der Waals surface area (Å²) in [6.45, 7) is 5.71. The zero-order valence-electron chi connectivity index (χ0n) is 13.5. The Balaban J connectivity index is 2.13. The molecule has 2 N–H and O–H groups in total. The number of aryl methyl sites for hydroxylation is 1. The van der Waals surface area contributed by atoms with Crippen molar-refractivity contribution in [3.63, 3.8) is 0 Å². The van der Waals surface area contributed by atoms with Gasteiger partial charge >= 0.3 is 5.97 Å². The Labute approximate surface area is 135 Å². The van der Waals surface area contributed by atoms with Crippen LogP contribution in [-0.2, 0) is 11.2 Å². The fraction of sp³-hybridized carbons (Fsp3) is 0.333. The van der Waals surface area contributed by atoms with Gasteiger partial charge in [-0.1, -0.05) is 37.3 Å². The summed E-state index contributed by atoms with van der Waals surface area (Å²) in [6, 6.07) is 9.82. The van der Waals surface area contributed by atoms with E-state index < -0.39 is 5.97 Å². The van der Waals surface area contributed by atoms with E-state index in [2.05, 4.69) is 5.32 Å². The molecule has 0 saturated heterocycles. The minimum Gasteiger partial charge on any atom is -0.481 e. The number of benzene rings is 1. The molecule has 0 aliphatic rings. The molecule has 0 fully saturated rings. The molecule has 1 amide bonds. The van der Waals surface area contributed by atoms with Gasteiger partial charge in [0.05, 0.1) is 11.8 Å². The number of nitrogens with one attached hydrogen (secondary N) is 1. The fourth-order valence-electron chi connectivity index (χ4n) is 2.52. The molecule has 23 heavy (non-hydrogen) atoms. The Kier molecular flexibility index (Phi) is 5.21. The molecule has 2 aromatic rings. The highest BCUT2D eigenvalue weighted by atomic mass is 16.4. The summed E-state index contributed by atoms with van der Waals surface area (Å²) in [5.74, 6) is -1.01. The molecular formula is C18H21NO4. The van der Waals surface area contributed by atoms with Crippen molar-refractivity contribution in [3.05, 3.63) is 59.0 Å². The standard InChI is InChI=1S/C18H21NO4/c1-11-10-23-15(9-16(20)21)17(11)18(22)19-13(3)12(2)14-7-5-4-6-8-14/h4-8,10,12-13H,9H2,1-3H3,(H,19,22)(H,20,21). The zero-order valence-corrected chi connectivity index (χ0v) is 13.5. The first-order valence-corrected chi connectivity index (χ1v) is 7.54. The number of carboxylic acids is 1. The number of hydrogen-bond donors (Lipinski definition) is 2. The molecule has 2 rings (SSSR count). The first-order chi connectivity index (χ1) is 10.9. The quantitative estimate of drug-likeness (QED) is 0.858. The average molecular weight is 315 g/mol. The molecule has 1 heterocycles. The third kappa shape index (κ3) is 4.00. The summed E-state index contributed by atoms with van der Waals surface area (Å²) in [7, 11) is 0. The van der Waals surface area contributed by atoms with Crippen molar-refractivity contribution in [1.29, 1.82) is 0 Å². The predicted molar refractivity (Wildman–Crippen MR) is 86.6 cm³/mol. The van der Waals surface area contributed by atoms with Gasteiger partial charge in [-0.2, -0.15) is 0 Å². The van der Waals surface area contributed by atoms with Gasteiger partial charge in [0.2, 0.25) is 0 Å². The lowest BCUT2D eigenvalue weighted by atomic mass is 9.94. The van der Waals surface area contributed by atoms with E-state index in [1.165, 1.54) is 6.26 Å². The van der Waals surface area contributed by atoms with Crippen LogP contribution in [0.5, 0.6) is 0 Å². The molecule has 5 heteroatoms. The molecule has 2 unspecified atom stereocenters. The molecule has 5 nitrogen and oxygen atoms in total. The smallest absolute Gasteiger partial charge is 0.311 e. The van der Waals surface area contributed by atoms with Crippen molar-refractivity contribution in [2.24, 2.45) is 0 Å². The highest BCUT2D eigenvalue weighted by Gasteiger charge is 2.23. The zero-order chi connectivity index (χ0) is 17.0. The summed E-state index contributed by atoms with van der Waals surface area (Å²) in [5, 5.41) is 11.9. The lowest BCUT2D eigenvalue weighted by Crippen LogP contribution is -2.36. The number of carbonyl (C=O) groups excluding carboxylic acids is 1. The van der Waals surface area contributed by atoms with E-state index in [9.17, 15) is 9.59 Å². The maximum Gasteiger partial charge on any atom is 0.311 e. The number of hydrogen-bond acceptors (Lipinski definition) is 3. The highest BCUT2D eigenvalue weighted by Crippen LogP contribution is 2.21. The monoisotopic (exact) mass is 315 g/mol. The number of carboxylic acid groups (broad SMARTS) is 1. The number of amides is 1. The summed E-state index contributed by atoms with van der Waals surface area (Å²) in [5.41, 5.74) is 2.09. The van der Waals surface area contributed by atoms with Crippen LogP contribution in [0.2, 0.25) is 0 Å². The van der Waals surface area contributed by atoms with Crippen molar-refractivity contribution in [2.75, 3.05) is 0 Å². The Morgan fingerprint density at radius 1 is 1.22 bits per heavy atom. The minimum absolute atomic E-state index is 0.100. The predicted octanol–water partition coefficient (Wildman–Crippen LogP) is 3.14.